The molecule has 2 aromatic rings. The Labute approximate surface area is 237 Å². The van der Waals surface area contributed by atoms with Crippen LogP contribution in [0.2, 0.25) is 0 Å². The second-order valence-corrected chi connectivity index (χ2v) is 11.5. The molecule has 1 aromatic heterocycles. The zero-order valence-electron chi connectivity index (χ0n) is 24.2. The minimum absolute atomic E-state index is 0.0299. The number of sulfonamides is 1. The molecule has 2 rings (SSSR count). The van der Waals surface area contributed by atoms with Crippen LogP contribution < -0.4 is 16.0 Å². The molecule has 0 saturated heterocycles. The summed E-state index contributed by atoms with van der Waals surface area (Å²) in [5, 5.41) is 31.0. The lowest BCUT2D eigenvalue weighted by Crippen LogP contribution is -2.37. The number of aromatic hydroxyl groups is 1. The molecule has 0 aliphatic heterocycles. The van der Waals surface area contributed by atoms with Crippen molar-refractivity contribution in [3.63, 3.8) is 0 Å². The number of ether oxygens (including phenoxy) is 1. The second-order valence-electron chi connectivity index (χ2n) is 9.61. The molecule has 1 unspecified atom stereocenters. The van der Waals surface area contributed by atoms with Crippen molar-refractivity contribution in [1.29, 1.82) is 5.26 Å². The molecule has 222 valence electrons. The molecule has 0 bridgehead atoms. The van der Waals surface area contributed by atoms with Crippen molar-refractivity contribution in [3.8, 4) is 11.9 Å². The molecule has 11 nitrogen and oxygen atoms in total. The highest BCUT2D eigenvalue weighted by Gasteiger charge is 2.29. The van der Waals surface area contributed by atoms with Crippen LogP contribution in [0.1, 0.15) is 57.6 Å². The van der Waals surface area contributed by atoms with Crippen LogP contribution in [-0.4, -0.2) is 67.5 Å². The predicted molar refractivity (Wildman–Crippen MR) is 156 cm³/mol. The third-order valence-electron chi connectivity index (χ3n) is 6.98. The maximum absolute atomic E-state index is 13.9. The SMILES string of the molecule is CCCCC(CC)CN(CC)S(=O)(=O)c1ccccc1N(C)Nc1c(C)c(C#N)c(=O)n(CCOCCO)c1O. The van der Waals surface area contributed by atoms with E-state index >= 15 is 0 Å². The van der Waals surface area contributed by atoms with Crippen LogP contribution in [0.5, 0.6) is 5.88 Å². The average Bonchev–Trinajstić information content (AvgIpc) is 2.95. The van der Waals surface area contributed by atoms with E-state index in [1.807, 2.05) is 13.0 Å². The van der Waals surface area contributed by atoms with Crippen LogP contribution in [0, 0.1) is 24.2 Å². The van der Waals surface area contributed by atoms with Gasteiger partial charge in [-0.05, 0) is 31.4 Å². The molecule has 0 fully saturated rings. The van der Waals surface area contributed by atoms with E-state index in [9.17, 15) is 23.6 Å². The molecule has 1 heterocycles. The predicted octanol–water partition coefficient (Wildman–Crippen LogP) is 3.43. The Kier molecular flexibility index (Phi) is 12.9. The molecule has 0 saturated carbocycles. The second kappa shape index (κ2) is 15.6. The summed E-state index contributed by atoms with van der Waals surface area (Å²) in [4.78, 5) is 12.9. The van der Waals surface area contributed by atoms with Crippen molar-refractivity contribution in [1.82, 2.24) is 8.87 Å². The number of nitriles is 1. The summed E-state index contributed by atoms with van der Waals surface area (Å²) in [6.07, 6.45) is 3.94. The lowest BCUT2D eigenvalue weighted by Gasteiger charge is -2.29. The number of rotatable bonds is 17. The van der Waals surface area contributed by atoms with Crippen molar-refractivity contribution in [2.24, 2.45) is 5.92 Å². The van der Waals surface area contributed by atoms with Crippen LogP contribution in [0.25, 0.3) is 0 Å². The van der Waals surface area contributed by atoms with Gasteiger partial charge in [0.2, 0.25) is 15.9 Å². The first-order valence-electron chi connectivity index (χ1n) is 13.7. The number of benzene rings is 1. The van der Waals surface area contributed by atoms with E-state index in [4.69, 9.17) is 9.84 Å². The highest BCUT2D eigenvalue weighted by Crippen LogP contribution is 2.32. The number of para-hydroxylation sites is 1. The molecule has 1 atom stereocenters. The molecule has 0 amide bonds. The summed E-state index contributed by atoms with van der Waals surface area (Å²) in [6.45, 7) is 8.17. The van der Waals surface area contributed by atoms with Gasteiger partial charge in [0, 0.05) is 25.7 Å². The van der Waals surface area contributed by atoms with Gasteiger partial charge in [0.25, 0.3) is 5.56 Å². The summed E-state index contributed by atoms with van der Waals surface area (Å²) in [7, 11) is -2.27. The molecule has 0 aliphatic carbocycles. The molecule has 1 aromatic carbocycles. The van der Waals surface area contributed by atoms with Crippen LogP contribution in [-0.2, 0) is 21.3 Å². The number of aliphatic hydroxyl groups excluding tert-OH is 1. The molecule has 3 N–H and O–H groups in total. The van der Waals surface area contributed by atoms with Crippen molar-refractivity contribution in [2.75, 3.05) is 50.4 Å². The van der Waals surface area contributed by atoms with Gasteiger partial charge in [0.15, 0.2) is 0 Å². The fraction of sp³-hybridized carbons (Fsp3) is 0.571. The molecule has 0 radical (unpaired) electrons. The smallest absolute Gasteiger partial charge is 0.271 e. The number of nitrogens with one attached hydrogen (secondary N) is 1. The number of hydrogen-bond acceptors (Lipinski definition) is 9. The lowest BCUT2D eigenvalue weighted by molar-refractivity contribution is 0.0854. The van der Waals surface area contributed by atoms with E-state index < -0.39 is 21.5 Å². The lowest BCUT2D eigenvalue weighted by atomic mass is 9.99. The number of anilines is 2. The summed E-state index contributed by atoms with van der Waals surface area (Å²) in [5.41, 5.74) is 2.81. The van der Waals surface area contributed by atoms with Gasteiger partial charge in [0.1, 0.15) is 22.2 Å². The van der Waals surface area contributed by atoms with E-state index in [1.165, 1.54) is 16.2 Å². The maximum Gasteiger partial charge on any atom is 0.271 e. The largest absolute Gasteiger partial charge is 0.493 e. The Hall–Kier alpha value is -3.11. The fourth-order valence-electron chi connectivity index (χ4n) is 4.54. The van der Waals surface area contributed by atoms with E-state index in [2.05, 4.69) is 19.3 Å². The average molecular weight is 578 g/mol. The van der Waals surface area contributed by atoms with E-state index in [0.29, 0.717) is 18.8 Å². The zero-order valence-corrected chi connectivity index (χ0v) is 25.0. The van der Waals surface area contributed by atoms with Gasteiger partial charge in [-0.1, -0.05) is 52.2 Å². The van der Waals surface area contributed by atoms with Gasteiger partial charge in [-0.15, -0.1) is 0 Å². The number of aromatic nitrogens is 1. The minimum Gasteiger partial charge on any atom is -0.493 e. The normalized spacial score (nSPS) is 12.3. The molecule has 12 heteroatoms. The summed E-state index contributed by atoms with van der Waals surface area (Å²) in [5.74, 6) is -0.165. The molecular formula is C28H43N5O6S. The number of aliphatic hydroxyl groups is 1. The summed E-state index contributed by atoms with van der Waals surface area (Å²) < 4.78 is 35.5. The summed E-state index contributed by atoms with van der Waals surface area (Å²) in [6, 6.07) is 8.47. The van der Waals surface area contributed by atoms with Gasteiger partial charge in [0.05, 0.1) is 32.1 Å². The van der Waals surface area contributed by atoms with Gasteiger partial charge < -0.3 is 14.9 Å². The van der Waals surface area contributed by atoms with Crippen LogP contribution in [0.3, 0.4) is 0 Å². The third kappa shape index (κ3) is 7.75. The summed E-state index contributed by atoms with van der Waals surface area (Å²) >= 11 is 0. The Morgan fingerprint density at radius 2 is 1.90 bits per heavy atom. The third-order valence-corrected chi connectivity index (χ3v) is 8.96. The first-order valence-corrected chi connectivity index (χ1v) is 15.2. The van der Waals surface area contributed by atoms with Gasteiger partial charge in [-0.2, -0.15) is 9.57 Å². The Bertz CT molecular complexity index is 1320. The molecule has 0 spiro atoms. The van der Waals surface area contributed by atoms with E-state index in [-0.39, 0.29) is 54.0 Å². The minimum atomic E-state index is -3.87. The Balaban J connectivity index is 2.48. The quantitative estimate of drug-likeness (QED) is 0.190. The fourth-order valence-corrected chi connectivity index (χ4v) is 6.28. The van der Waals surface area contributed by atoms with Gasteiger partial charge >= 0.3 is 0 Å². The Morgan fingerprint density at radius 1 is 1.20 bits per heavy atom. The first kappa shape index (κ1) is 33.1. The zero-order chi connectivity index (χ0) is 29.9. The maximum atomic E-state index is 13.9. The van der Waals surface area contributed by atoms with Crippen molar-refractivity contribution >= 4 is 21.4 Å². The number of hydrazine groups is 1. The number of unbranched alkanes of at least 4 members (excludes halogenated alkanes) is 1. The Morgan fingerprint density at radius 3 is 2.50 bits per heavy atom. The highest BCUT2D eigenvalue weighted by atomic mass is 32.2. The van der Waals surface area contributed by atoms with Gasteiger partial charge in [-0.25, -0.2) is 8.42 Å². The molecule has 0 aliphatic rings. The first-order chi connectivity index (χ1) is 19.1. The molecular weight excluding hydrogens is 534 g/mol. The van der Waals surface area contributed by atoms with Crippen LogP contribution in [0.15, 0.2) is 34.0 Å². The number of hydrogen-bond donors (Lipinski definition) is 3. The van der Waals surface area contributed by atoms with Crippen LogP contribution in [0.4, 0.5) is 11.4 Å². The van der Waals surface area contributed by atoms with Crippen molar-refractivity contribution < 1.29 is 23.4 Å². The standard InChI is InChI=1S/C28H43N5O6S/c1-6-9-12-22(7-2)20-32(8-3)40(37,38)25-14-11-10-13-24(25)31(5)30-26-21(4)23(19-29)27(35)33(28(26)36)15-17-39-18-16-34/h10-11,13-14,22,30,34,36H,6-9,12,15-18,20H2,1-5H3. The monoisotopic (exact) mass is 577 g/mol. The topological polar surface area (TPSA) is 148 Å². The van der Waals surface area contributed by atoms with Gasteiger partial charge in [-0.3, -0.25) is 19.8 Å². The van der Waals surface area contributed by atoms with E-state index in [0.717, 1.165) is 30.3 Å². The molecule has 40 heavy (non-hydrogen) atoms. The number of pyridine rings is 1. The number of nitrogens with zero attached hydrogens (tertiary/aromatic N) is 4. The van der Waals surface area contributed by atoms with Crippen molar-refractivity contribution in [2.45, 2.75) is 64.8 Å². The van der Waals surface area contributed by atoms with Crippen LogP contribution >= 0.6 is 0 Å². The van der Waals surface area contributed by atoms with E-state index in [1.54, 1.807) is 31.3 Å². The van der Waals surface area contributed by atoms with Crippen molar-refractivity contribution in [3.05, 3.63) is 45.7 Å². The highest BCUT2D eigenvalue weighted by molar-refractivity contribution is 7.89.